The van der Waals surface area contributed by atoms with E-state index in [0.29, 0.717) is 36.8 Å². The van der Waals surface area contributed by atoms with Gasteiger partial charge in [0.1, 0.15) is 5.75 Å². The van der Waals surface area contributed by atoms with Crippen molar-refractivity contribution in [3.63, 3.8) is 0 Å². The third-order valence-electron chi connectivity index (χ3n) is 7.48. The molecule has 36 heavy (non-hydrogen) atoms. The van der Waals surface area contributed by atoms with Crippen LogP contribution in [0.25, 0.3) is 0 Å². The molecule has 4 heterocycles. The van der Waals surface area contributed by atoms with E-state index in [0.717, 1.165) is 38.0 Å². The summed E-state index contributed by atoms with van der Waals surface area (Å²) in [5.74, 6) is -0.489. The molecule has 1 aromatic heterocycles. The average Bonchev–Trinajstić information content (AvgIpc) is 2.85. The Balaban J connectivity index is 1.38. The predicted octanol–water partition coefficient (Wildman–Crippen LogP) is 0.783. The van der Waals surface area contributed by atoms with E-state index >= 15 is 0 Å². The molecule has 3 N–H and O–H groups in total. The van der Waals surface area contributed by atoms with Gasteiger partial charge < -0.3 is 9.84 Å². The van der Waals surface area contributed by atoms with Gasteiger partial charge in [-0.15, -0.1) is 0 Å². The molecule has 1 aromatic carbocycles. The minimum Gasteiger partial charge on any atom is -0.438 e. The maximum absolute atomic E-state index is 13.3. The lowest BCUT2D eigenvalue weighted by molar-refractivity contribution is -0.153. The number of likely N-dealkylation sites (tertiary alicyclic amines) is 2. The number of benzene rings is 1. The summed E-state index contributed by atoms with van der Waals surface area (Å²) in [6.07, 6.45) is 5.61. The maximum Gasteiger partial charge on any atom is 0.328 e. The van der Waals surface area contributed by atoms with Crippen molar-refractivity contribution in [3.8, 4) is 11.6 Å². The summed E-state index contributed by atoms with van der Waals surface area (Å²) in [6, 6.07) is 5.88. The van der Waals surface area contributed by atoms with Crippen LogP contribution in [0.2, 0.25) is 0 Å². The number of rotatable bonds is 7. The summed E-state index contributed by atoms with van der Waals surface area (Å²) >= 11 is 0. The van der Waals surface area contributed by atoms with E-state index in [1.54, 1.807) is 36.7 Å². The van der Waals surface area contributed by atoms with Crippen molar-refractivity contribution in [2.75, 3.05) is 39.3 Å². The Morgan fingerprint density at radius 3 is 2.22 bits per heavy atom. The molecule has 3 saturated heterocycles. The second-order valence-electron chi connectivity index (χ2n) is 9.70. The van der Waals surface area contributed by atoms with Crippen molar-refractivity contribution < 1.29 is 24.2 Å². The summed E-state index contributed by atoms with van der Waals surface area (Å²) in [5.41, 5.74) is -0.215. The van der Waals surface area contributed by atoms with Crippen LogP contribution in [0.3, 0.4) is 0 Å². The maximum atomic E-state index is 13.3. The van der Waals surface area contributed by atoms with Crippen LogP contribution in [0, 0.1) is 5.41 Å². The molecule has 0 atom stereocenters. The molecule has 0 bridgehead atoms. The molecule has 3 aliphatic rings. The molecule has 190 valence electrons. The first-order valence-electron chi connectivity index (χ1n) is 12.2. The molecule has 0 saturated carbocycles. The molecule has 11 nitrogen and oxygen atoms in total. The number of carbonyl (C=O) groups excluding carboxylic acids is 3. The van der Waals surface area contributed by atoms with Gasteiger partial charge >= 0.3 is 6.03 Å². The summed E-state index contributed by atoms with van der Waals surface area (Å²) in [6.45, 7) is 5.64. The van der Waals surface area contributed by atoms with E-state index in [2.05, 4.69) is 25.5 Å². The van der Waals surface area contributed by atoms with Crippen LogP contribution in [0.5, 0.6) is 11.6 Å². The Labute approximate surface area is 208 Å². The van der Waals surface area contributed by atoms with Gasteiger partial charge in [0.25, 0.3) is 11.8 Å². The number of β-amino-alcohol motifs (C(OH)–C–C–N with tert-alkyl or cyclic N) is 1. The summed E-state index contributed by atoms with van der Waals surface area (Å²) in [5, 5.41) is 13.8. The van der Waals surface area contributed by atoms with Crippen molar-refractivity contribution in [1.82, 2.24) is 30.4 Å². The van der Waals surface area contributed by atoms with Crippen LogP contribution < -0.4 is 15.4 Å². The Kier molecular flexibility index (Phi) is 6.45. The van der Waals surface area contributed by atoms with Gasteiger partial charge in [-0.2, -0.15) is 0 Å². The first-order valence-corrected chi connectivity index (χ1v) is 12.2. The topological polar surface area (TPSA) is 137 Å². The molecular formula is C25H30N6O5. The van der Waals surface area contributed by atoms with Crippen LogP contribution >= 0.6 is 0 Å². The Morgan fingerprint density at radius 2 is 1.67 bits per heavy atom. The number of aliphatic hydroxyl groups is 1. The lowest BCUT2D eigenvalue weighted by atomic mass is 9.70. The monoisotopic (exact) mass is 494 g/mol. The minimum atomic E-state index is -1.66. The van der Waals surface area contributed by atoms with Crippen molar-refractivity contribution >= 4 is 17.8 Å². The van der Waals surface area contributed by atoms with E-state index in [9.17, 15) is 19.5 Å². The van der Waals surface area contributed by atoms with Gasteiger partial charge in [-0.05, 0) is 42.4 Å². The van der Waals surface area contributed by atoms with E-state index in [1.165, 1.54) is 0 Å². The fraction of sp³-hybridized carbons (Fsp3) is 0.480. The van der Waals surface area contributed by atoms with E-state index in [-0.39, 0.29) is 12.0 Å². The number of nitrogens with one attached hydrogen (secondary N) is 2. The smallest absolute Gasteiger partial charge is 0.328 e. The number of hydrogen-bond donors (Lipinski definition) is 3. The van der Waals surface area contributed by atoms with Crippen molar-refractivity contribution in [1.29, 1.82) is 0 Å². The van der Waals surface area contributed by atoms with Gasteiger partial charge in [-0.3, -0.25) is 35.0 Å². The van der Waals surface area contributed by atoms with Gasteiger partial charge in [0.2, 0.25) is 11.4 Å². The highest BCUT2D eigenvalue weighted by molar-refractivity contribution is 6.22. The van der Waals surface area contributed by atoms with Gasteiger partial charge in [0.05, 0.1) is 24.7 Å². The fourth-order valence-corrected chi connectivity index (χ4v) is 5.55. The Bertz CT molecular complexity index is 1120. The number of aromatic nitrogens is 2. The predicted molar refractivity (Wildman–Crippen MR) is 128 cm³/mol. The number of barbiturate groups is 1. The Morgan fingerprint density at radius 1 is 1.00 bits per heavy atom. The Hall–Kier alpha value is -3.41. The SMILES string of the molecule is CCc1cnc(Oc2ccc(C3(N4CCC5(CC4)CN(CCO)C5)C(=O)NC(=O)NC3=O)cc2)cn1. The number of aliphatic hydroxyl groups excluding tert-OH is 1. The summed E-state index contributed by atoms with van der Waals surface area (Å²) in [4.78, 5) is 51.2. The third kappa shape index (κ3) is 4.23. The zero-order valence-electron chi connectivity index (χ0n) is 20.2. The molecule has 0 unspecified atom stereocenters. The number of ether oxygens (including phenoxy) is 1. The largest absolute Gasteiger partial charge is 0.438 e. The zero-order chi connectivity index (χ0) is 25.3. The number of piperidine rings is 1. The number of amides is 4. The zero-order valence-corrected chi connectivity index (χ0v) is 20.2. The first-order chi connectivity index (χ1) is 17.4. The molecule has 11 heteroatoms. The van der Waals surface area contributed by atoms with Crippen molar-refractivity contribution in [2.45, 2.75) is 31.7 Å². The molecule has 2 aromatic rings. The van der Waals surface area contributed by atoms with Gasteiger partial charge in [0.15, 0.2) is 0 Å². The molecule has 0 aliphatic carbocycles. The lowest BCUT2D eigenvalue weighted by Crippen LogP contribution is -2.73. The summed E-state index contributed by atoms with van der Waals surface area (Å²) in [7, 11) is 0. The van der Waals surface area contributed by atoms with Gasteiger partial charge in [-0.25, -0.2) is 9.78 Å². The standard InChI is InChI=1S/C25H30N6O5/c1-2-18-13-27-20(14-26-18)36-19-5-3-17(4-6-19)25(21(33)28-23(35)29-22(25)34)31-9-7-24(8-10-31)15-30(16-24)11-12-32/h3-6,13-14,32H,2,7-12,15-16H2,1H3,(H2,28,29,33,34,35). The quantitative estimate of drug-likeness (QED) is 0.477. The molecule has 1 spiro atoms. The molecule has 3 fully saturated rings. The van der Waals surface area contributed by atoms with E-state index < -0.39 is 23.4 Å². The van der Waals surface area contributed by atoms with Crippen LogP contribution in [-0.2, 0) is 21.5 Å². The minimum absolute atomic E-state index is 0.135. The summed E-state index contributed by atoms with van der Waals surface area (Å²) < 4.78 is 5.78. The van der Waals surface area contributed by atoms with Crippen molar-refractivity contribution in [2.24, 2.45) is 5.41 Å². The first kappa shape index (κ1) is 24.3. The number of imide groups is 2. The number of hydrogen-bond acceptors (Lipinski definition) is 9. The molecule has 5 rings (SSSR count). The lowest BCUT2D eigenvalue weighted by Gasteiger charge is -2.56. The van der Waals surface area contributed by atoms with Crippen LogP contribution in [0.4, 0.5) is 4.79 Å². The van der Waals surface area contributed by atoms with Gasteiger partial charge in [0, 0.05) is 32.7 Å². The van der Waals surface area contributed by atoms with Crippen molar-refractivity contribution in [3.05, 3.63) is 47.9 Å². The van der Waals surface area contributed by atoms with Gasteiger partial charge in [-0.1, -0.05) is 19.1 Å². The van der Waals surface area contributed by atoms with E-state index in [1.807, 2.05) is 11.8 Å². The second-order valence-corrected chi connectivity index (χ2v) is 9.70. The fourth-order valence-electron chi connectivity index (χ4n) is 5.55. The average molecular weight is 495 g/mol. The molecule has 0 radical (unpaired) electrons. The number of aryl methyl sites for hydroxylation is 1. The number of nitrogens with zero attached hydrogens (tertiary/aromatic N) is 4. The highest BCUT2D eigenvalue weighted by atomic mass is 16.5. The van der Waals surface area contributed by atoms with E-state index in [4.69, 9.17) is 4.74 Å². The van der Waals surface area contributed by atoms with Crippen LogP contribution in [0.1, 0.15) is 31.0 Å². The highest BCUT2D eigenvalue weighted by Gasteiger charge is 2.58. The number of urea groups is 1. The number of carbonyl (C=O) groups is 3. The molecular weight excluding hydrogens is 464 g/mol. The third-order valence-corrected chi connectivity index (χ3v) is 7.48. The van der Waals surface area contributed by atoms with Crippen LogP contribution in [-0.4, -0.2) is 82.1 Å². The van der Waals surface area contributed by atoms with Crippen LogP contribution in [0.15, 0.2) is 36.7 Å². The highest BCUT2D eigenvalue weighted by Crippen LogP contribution is 2.44. The molecule has 4 amide bonds. The second kappa shape index (κ2) is 9.57. The molecule has 3 aliphatic heterocycles. The normalized spacial score (nSPS) is 21.6.